The molecule has 8 heteroatoms. The topological polar surface area (TPSA) is 101 Å². The van der Waals surface area contributed by atoms with Crippen molar-refractivity contribution < 1.29 is 4.79 Å². The van der Waals surface area contributed by atoms with Crippen molar-refractivity contribution in [2.24, 2.45) is 0 Å². The van der Waals surface area contributed by atoms with Crippen LogP contribution in [0.1, 0.15) is 66.5 Å². The Morgan fingerprint density at radius 2 is 1.51 bits per heavy atom. The molecule has 2 atom stereocenters. The molecule has 8 nitrogen and oxygen atoms in total. The van der Waals surface area contributed by atoms with E-state index in [2.05, 4.69) is 94.8 Å². The lowest BCUT2D eigenvalue weighted by Crippen LogP contribution is -2.39. The molecular weight excluding hydrogens is 462 g/mol. The average Bonchev–Trinajstić information content (AvgIpc) is 3.44. The number of rotatable bonds is 9. The highest BCUT2D eigenvalue weighted by atomic mass is 16.1. The molecule has 0 fully saturated rings. The minimum absolute atomic E-state index is 0.0761. The first kappa shape index (κ1) is 24.9. The van der Waals surface area contributed by atoms with Gasteiger partial charge in [-0.1, -0.05) is 71.3 Å². The van der Waals surface area contributed by atoms with Gasteiger partial charge in [-0.05, 0) is 40.2 Å². The van der Waals surface area contributed by atoms with Gasteiger partial charge < -0.3 is 4.79 Å². The summed E-state index contributed by atoms with van der Waals surface area (Å²) in [7, 11) is 0. The van der Waals surface area contributed by atoms with Crippen LogP contribution in [0.3, 0.4) is 0 Å². The zero-order chi connectivity index (χ0) is 25.8. The van der Waals surface area contributed by atoms with Crippen molar-refractivity contribution in [3.05, 3.63) is 76.9 Å². The molecule has 0 radical (unpaired) electrons. The Hall–Kier alpha value is -3.78. The van der Waals surface area contributed by atoms with Crippen molar-refractivity contribution in [1.82, 2.24) is 35.5 Å². The third-order valence-electron chi connectivity index (χ3n) is 7.23. The number of carbonyl (C=O) groups excluding carboxylic acids is 1. The summed E-state index contributed by atoms with van der Waals surface area (Å²) >= 11 is 0. The van der Waals surface area contributed by atoms with Gasteiger partial charge in [-0.25, -0.2) is 9.97 Å². The van der Waals surface area contributed by atoms with Crippen LogP contribution in [0.2, 0.25) is 0 Å². The first-order valence-electron chi connectivity index (χ1n) is 13.0. The minimum Gasteiger partial charge on any atom is -0.303 e. The van der Waals surface area contributed by atoms with E-state index in [-0.39, 0.29) is 12.0 Å². The van der Waals surface area contributed by atoms with E-state index in [1.807, 2.05) is 0 Å². The Labute approximate surface area is 217 Å². The van der Waals surface area contributed by atoms with Crippen LogP contribution in [-0.4, -0.2) is 54.9 Å². The maximum Gasteiger partial charge on any atom is 0.174 e. The van der Waals surface area contributed by atoms with E-state index in [1.54, 1.807) is 0 Å². The van der Waals surface area contributed by atoms with Crippen LogP contribution in [0.25, 0.3) is 22.5 Å². The summed E-state index contributed by atoms with van der Waals surface area (Å²) in [5, 5.41) is 14.2. The van der Waals surface area contributed by atoms with Gasteiger partial charge >= 0.3 is 0 Å². The highest BCUT2D eigenvalue weighted by Gasteiger charge is 2.34. The molecule has 5 rings (SSSR count). The lowest BCUT2D eigenvalue weighted by molar-refractivity contribution is -0.110. The number of tetrazole rings is 1. The van der Waals surface area contributed by atoms with Crippen molar-refractivity contribution in [2.75, 3.05) is 13.1 Å². The van der Waals surface area contributed by atoms with Crippen LogP contribution >= 0.6 is 0 Å². The predicted octanol–water partition coefficient (Wildman–Crippen LogP) is 5.01. The lowest BCUT2D eigenvalue weighted by Gasteiger charge is -2.37. The van der Waals surface area contributed by atoms with Crippen LogP contribution in [0.4, 0.5) is 0 Å². The number of hydrogen-bond donors (Lipinski definition) is 1. The number of aryl methyl sites for hydroxylation is 3. The summed E-state index contributed by atoms with van der Waals surface area (Å²) in [4.78, 5) is 25.0. The highest BCUT2D eigenvalue weighted by Crippen LogP contribution is 2.38. The molecule has 2 aromatic heterocycles. The number of carbonyl (C=O) groups is 1. The molecule has 0 saturated heterocycles. The maximum atomic E-state index is 12.3. The van der Waals surface area contributed by atoms with E-state index in [0.29, 0.717) is 6.54 Å². The molecule has 1 aliphatic rings. The standard InChI is InChI=1S/C29H33N7O/c1-19-8-12-22(13-9-19)27-28(23-14-10-20(2)11-15-23)31-29-24(18-37)17-36(21(3)26(29)30-27)16-6-4-5-7-25-32-34-35-33-25/h8-15,18,21,24H,4-7,16-17H2,1-3H3,(H,32,33,34,35). The molecule has 0 amide bonds. The lowest BCUT2D eigenvalue weighted by atomic mass is 9.92. The molecule has 1 aliphatic heterocycles. The van der Waals surface area contributed by atoms with Crippen LogP contribution in [0.5, 0.6) is 0 Å². The largest absolute Gasteiger partial charge is 0.303 e. The van der Waals surface area contributed by atoms with Gasteiger partial charge in [0.2, 0.25) is 0 Å². The number of aromatic amines is 1. The van der Waals surface area contributed by atoms with Crippen LogP contribution in [-0.2, 0) is 11.2 Å². The summed E-state index contributed by atoms with van der Waals surface area (Å²) in [6, 6.07) is 16.9. The Morgan fingerprint density at radius 3 is 2.08 bits per heavy atom. The fourth-order valence-corrected chi connectivity index (χ4v) is 4.99. The second-order valence-corrected chi connectivity index (χ2v) is 9.98. The first-order valence-corrected chi connectivity index (χ1v) is 13.0. The third kappa shape index (κ3) is 5.49. The zero-order valence-corrected chi connectivity index (χ0v) is 21.7. The van der Waals surface area contributed by atoms with E-state index < -0.39 is 0 Å². The number of fused-ring (bicyclic) bond motifs is 1. The van der Waals surface area contributed by atoms with Gasteiger partial charge in [-0.3, -0.25) is 4.90 Å². The van der Waals surface area contributed by atoms with E-state index in [1.165, 1.54) is 11.1 Å². The summed E-state index contributed by atoms with van der Waals surface area (Å²) in [6.07, 6.45) is 4.95. The number of hydrogen-bond acceptors (Lipinski definition) is 7. The molecule has 190 valence electrons. The number of nitrogens with zero attached hydrogens (tertiary/aromatic N) is 6. The Balaban J connectivity index is 1.44. The van der Waals surface area contributed by atoms with Gasteiger partial charge in [0, 0.05) is 24.1 Å². The van der Waals surface area contributed by atoms with Gasteiger partial charge in [0.05, 0.1) is 34.7 Å². The van der Waals surface area contributed by atoms with Crippen molar-refractivity contribution >= 4 is 6.29 Å². The Morgan fingerprint density at radius 1 is 0.892 bits per heavy atom. The van der Waals surface area contributed by atoms with Gasteiger partial charge in [-0.2, -0.15) is 5.21 Å². The van der Waals surface area contributed by atoms with Crippen molar-refractivity contribution in [3.63, 3.8) is 0 Å². The molecule has 4 aromatic rings. The van der Waals surface area contributed by atoms with E-state index >= 15 is 0 Å². The number of nitrogens with one attached hydrogen (secondary N) is 1. The number of H-pyrrole nitrogens is 1. The maximum absolute atomic E-state index is 12.3. The quantitative estimate of drug-likeness (QED) is 0.257. The first-order chi connectivity index (χ1) is 18.0. The second-order valence-electron chi connectivity index (χ2n) is 9.98. The molecule has 0 spiro atoms. The van der Waals surface area contributed by atoms with Crippen molar-refractivity contribution in [1.29, 1.82) is 0 Å². The molecule has 2 unspecified atom stereocenters. The van der Waals surface area contributed by atoms with Gasteiger partial charge in [-0.15, -0.1) is 10.2 Å². The average molecular weight is 496 g/mol. The number of benzene rings is 2. The fraction of sp³-hybridized carbons (Fsp3) is 0.379. The zero-order valence-electron chi connectivity index (χ0n) is 21.7. The summed E-state index contributed by atoms with van der Waals surface area (Å²) in [5.41, 5.74) is 7.84. The van der Waals surface area contributed by atoms with Crippen LogP contribution in [0, 0.1) is 13.8 Å². The molecule has 37 heavy (non-hydrogen) atoms. The fourth-order valence-electron chi connectivity index (χ4n) is 4.99. The number of aldehydes is 1. The summed E-state index contributed by atoms with van der Waals surface area (Å²) < 4.78 is 0. The normalized spacial score (nSPS) is 17.5. The molecule has 0 aliphatic carbocycles. The Kier molecular flexibility index (Phi) is 7.46. The monoisotopic (exact) mass is 495 g/mol. The third-order valence-corrected chi connectivity index (χ3v) is 7.23. The van der Waals surface area contributed by atoms with Crippen LogP contribution in [0.15, 0.2) is 48.5 Å². The molecule has 2 aromatic carbocycles. The molecule has 3 heterocycles. The van der Waals surface area contributed by atoms with Gasteiger partial charge in [0.15, 0.2) is 5.82 Å². The van der Waals surface area contributed by atoms with Crippen molar-refractivity contribution in [2.45, 2.75) is 58.4 Å². The van der Waals surface area contributed by atoms with Crippen LogP contribution < -0.4 is 0 Å². The van der Waals surface area contributed by atoms with E-state index in [0.717, 1.165) is 78.2 Å². The predicted molar refractivity (Wildman–Crippen MR) is 143 cm³/mol. The SMILES string of the molecule is Cc1ccc(-c2nc3c(nc2-c2ccc(C)cc2)C(C)N(CCCCCc2nn[nH]n2)CC3C=O)cc1. The highest BCUT2D eigenvalue weighted by molar-refractivity contribution is 5.79. The number of aromatic nitrogens is 6. The second kappa shape index (κ2) is 11.1. The molecular formula is C29H33N7O. The molecule has 0 saturated carbocycles. The summed E-state index contributed by atoms with van der Waals surface area (Å²) in [5.74, 6) is 0.457. The Bertz CT molecular complexity index is 1330. The smallest absolute Gasteiger partial charge is 0.174 e. The van der Waals surface area contributed by atoms with E-state index in [4.69, 9.17) is 9.97 Å². The molecule has 1 N–H and O–H groups in total. The van der Waals surface area contributed by atoms with Gasteiger partial charge in [0.1, 0.15) is 6.29 Å². The minimum atomic E-state index is -0.297. The summed E-state index contributed by atoms with van der Waals surface area (Å²) in [6.45, 7) is 7.90. The van der Waals surface area contributed by atoms with E-state index in [9.17, 15) is 4.79 Å². The molecule has 0 bridgehead atoms. The number of unbranched alkanes of at least 4 members (excludes halogenated alkanes) is 2. The van der Waals surface area contributed by atoms with Crippen molar-refractivity contribution in [3.8, 4) is 22.5 Å². The van der Waals surface area contributed by atoms with Gasteiger partial charge in [0.25, 0.3) is 0 Å².